The van der Waals surface area contributed by atoms with Crippen molar-refractivity contribution in [2.24, 2.45) is 5.92 Å². The Morgan fingerprint density at radius 3 is 2.52 bits per heavy atom. The highest BCUT2D eigenvalue weighted by atomic mass is 16.2. The molecule has 1 aliphatic rings. The second kappa shape index (κ2) is 9.13. The molecule has 0 aromatic heterocycles. The Labute approximate surface area is 138 Å². The van der Waals surface area contributed by atoms with Gasteiger partial charge in [-0.2, -0.15) is 0 Å². The van der Waals surface area contributed by atoms with E-state index in [1.807, 2.05) is 35.2 Å². The van der Waals surface area contributed by atoms with Crippen LogP contribution < -0.4 is 5.32 Å². The smallest absolute Gasteiger partial charge is 0.224 e. The summed E-state index contributed by atoms with van der Waals surface area (Å²) < 4.78 is 0. The number of likely N-dealkylation sites (tertiary alicyclic amines) is 1. The quantitative estimate of drug-likeness (QED) is 0.782. The molecule has 23 heavy (non-hydrogen) atoms. The zero-order valence-electron chi connectivity index (χ0n) is 13.7. The van der Waals surface area contributed by atoms with Crippen LogP contribution in [0.15, 0.2) is 43.0 Å². The summed E-state index contributed by atoms with van der Waals surface area (Å²) in [4.78, 5) is 25.9. The first kappa shape index (κ1) is 17.3. The molecular formula is C19H26N2O2. The van der Waals surface area contributed by atoms with E-state index in [4.69, 9.17) is 0 Å². The van der Waals surface area contributed by atoms with E-state index in [0.29, 0.717) is 18.8 Å². The fourth-order valence-corrected chi connectivity index (χ4v) is 2.93. The van der Waals surface area contributed by atoms with E-state index in [1.165, 1.54) is 0 Å². The lowest BCUT2D eigenvalue weighted by Crippen LogP contribution is -2.38. The molecule has 0 bridgehead atoms. The Morgan fingerprint density at radius 1 is 1.17 bits per heavy atom. The number of piperidine rings is 1. The molecule has 1 aromatic rings. The van der Waals surface area contributed by atoms with Gasteiger partial charge in [0.15, 0.2) is 0 Å². The minimum Gasteiger partial charge on any atom is -0.343 e. The monoisotopic (exact) mass is 314 g/mol. The predicted octanol–water partition coefficient (Wildman–Crippen LogP) is 3.61. The highest BCUT2D eigenvalue weighted by Gasteiger charge is 2.22. The van der Waals surface area contributed by atoms with Crippen molar-refractivity contribution in [1.29, 1.82) is 0 Å². The van der Waals surface area contributed by atoms with Crippen molar-refractivity contribution in [3.05, 3.63) is 43.0 Å². The van der Waals surface area contributed by atoms with Gasteiger partial charge in [-0.3, -0.25) is 9.59 Å². The van der Waals surface area contributed by atoms with Gasteiger partial charge in [-0.15, -0.1) is 6.58 Å². The van der Waals surface area contributed by atoms with Crippen LogP contribution in [-0.4, -0.2) is 29.8 Å². The zero-order chi connectivity index (χ0) is 16.5. The molecule has 1 heterocycles. The Kier molecular flexibility index (Phi) is 6.85. The number of nitrogens with one attached hydrogen (secondary N) is 1. The summed E-state index contributed by atoms with van der Waals surface area (Å²) in [6.45, 7) is 5.29. The van der Waals surface area contributed by atoms with Crippen molar-refractivity contribution in [1.82, 2.24) is 4.90 Å². The molecule has 4 nitrogen and oxygen atoms in total. The average Bonchev–Trinajstić information content (AvgIpc) is 2.59. The van der Waals surface area contributed by atoms with Gasteiger partial charge in [-0.05, 0) is 43.7 Å². The average molecular weight is 314 g/mol. The molecule has 1 N–H and O–H groups in total. The number of allylic oxidation sites excluding steroid dienone is 1. The summed E-state index contributed by atoms with van der Waals surface area (Å²) in [5.74, 6) is 0.839. The normalized spacial score (nSPS) is 15.2. The predicted molar refractivity (Wildman–Crippen MR) is 93.0 cm³/mol. The van der Waals surface area contributed by atoms with E-state index >= 15 is 0 Å². The number of carbonyl (C=O) groups excluding carboxylic acids is 2. The summed E-state index contributed by atoms with van der Waals surface area (Å²) in [7, 11) is 0. The Balaban J connectivity index is 1.65. The molecule has 1 fully saturated rings. The minimum atomic E-state index is 0.0701. The molecule has 124 valence electrons. The van der Waals surface area contributed by atoms with Crippen LogP contribution >= 0.6 is 0 Å². The van der Waals surface area contributed by atoms with Gasteiger partial charge in [0.2, 0.25) is 11.8 Å². The Bertz CT molecular complexity index is 519. The van der Waals surface area contributed by atoms with Gasteiger partial charge in [0.05, 0.1) is 0 Å². The highest BCUT2D eigenvalue weighted by Crippen LogP contribution is 2.23. The third-order valence-corrected chi connectivity index (χ3v) is 4.37. The number of hydrogen-bond donors (Lipinski definition) is 1. The number of carbonyl (C=O) groups is 2. The lowest BCUT2D eigenvalue weighted by Gasteiger charge is -2.32. The van der Waals surface area contributed by atoms with E-state index in [2.05, 4.69) is 11.9 Å². The summed E-state index contributed by atoms with van der Waals surface area (Å²) in [6.07, 6.45) is 6.54. The molecular weight excluding hydrogens is 288 g/mol. The molecule has 0 spiro atoms. The molecule has 4 heteroatoms. The summed E-state index contributed by atoms with van der Waals surface area (Å²) in [6, 6.07) is 9.54. The molecule has 1 aliphatic heterocycles. The van der Waals surface area contributed by atoms with Crippen molar-refractivity contribution in [2.45, 2.75) is 38.5 Å². The lowest BCUT2D eigenvalue weighted by molar-refractivity contribution is -0.132. The first-order valence-electron chi connectivity index (χ1n) is 8.42. The van der Waals surface area contributed by atoms with E-state index in [9.17, 15) is 9.59 Å². The lowest BCUT2D eigenvalue weighted by atomic mass is 9.92. The fraction of sp³-hybridized carbons (Fsp3) is 0.474. The fourth-order valence-electron chi connectivity index (χ4n) is 2.93. The van der Waals surface area contributed by atoms with Crippen molar-refractivity contribution >= 4 is 17.5 Å². The molecule has 2 rings (SSSR count). The van der Waals surface area contributed by atoms with Gasteiger partial charge in [-0.1, -0.05) is 24.3 Å². The SMILES string of the molecule is C=CCCC(=O)N1CCC(CCC(=O)Nc2ccccc2)CC1. The van der Waals surface area contributed by atoms with Gasteiger partial charge >= 0.3 is 0 Å². The standard InChI is InChI=1S/C19H26N2O2/c1-2-3-9-19(23)21-14-12-16(13-15-21)10-11-18(22)20-17-7-5-4-6-8-17/h2,4-8,16H,1,3,9-15H2,(H,20,22). The topological polar surface area (TPSA) is 49.4 Å². The highest BCUT2D eigenvalue weighted by molar-refractivity contribution is 5.90. The molecule has 0 aliphatic carbocycles. The zero-order valence-corrected chi connectivity index (χ0v) is 13.7. The maximum Gasteiger partial charge on any atom is 0.224 e. The first-order chi connectivity index (χ1) is 11.2. The Morgan fingerprint density at radius 2 is 1.87 bits per heavy atom. The minimum absolute atomic E-state index is 0.0701. The van der Waals surface area contributed by atoms with Crippen LogP contribution in [-0.2, 0) is 9.59 Å². The summed E-state index contributed by atoms with van der Waals surface area (Å²) >= 11 is 0. The number of benzene rings is 1. The van der Waals surface area contributed by atoms with Crippen LogP contribution in [0, 0.1) is 5.92 Å². The number of hydrogen-bond acceptors (Lipinski definition) is 2. The number of nitrogens with zero attached hydrogens (tertiary/aromatic N) is 1. The maximum atomic E-state index is 12.0. The second-order valence-corrected chi connectivity index (χ2v) is 6.10. The molecule has 1 aromatic carbocycles. The van der Waals surface area contributed by atoms with Crippen molar-refractivity contribution in [3.8, 4) is 0 Å². The molecule has 1 saturated heterocycles. The van der Waals surface area contributed by atoms with Crippen LogP contribution in [0.5, 0.6) is 0 Å². The van der Waals surface area contributed by atoms with E-state index < -0.39 is 0 Å². The van der Waals surface area contributed by atoms with Crippen LogP contribution in [0.1, 0.15) is 38.5 Å². The van der Waals surface area contributed by atoms with Gasteiger partial charge in [0, 0.05) is 31.6 Å². The van der Waals surface area contributed by atoms with Crippen molar-refractivity contribution < 1.29 is 9.59 Å². The largest absolute Gasteiger partial charge is 0.343 e. The van der Waals surface area contributed by atoms with E-state index in [0.717, 1.165) is 44.5 Å². The van der Waals surface area contributed by atoms with Gasteiger partial charge in [0.1, 0.15) is 0 Å². The van der Waals surface area contributed by atoms with Crippen LogP contribution in [0.2, 0.25) is 0 Å². The summed E-state index contributed by atoms with van der Waals surface area (Å²) in [5.41, 5.74) is 0.847. The Hall–Kier alpha value is -2.10. The molecule has 0 saturated carbocycles. The van der Waals surface area contributed by atoms with Crippen molar-refractivity contribution in [2.75, 3.05) is 18.4 Å². The van der Waals surface area contributed by atoms with E-state index in [-0.39, 0.29) is 11.8 Å². The molecule has 0 radical (unpaired) electrons. The second-order valence-electron chi connectivity index (χ2n) is 6.10. The van der Waals surface area contributed by atoms with Gasteiger partial charge in [-0.25, -0.2) is 0 Å². The number of rotatable bonds is 7. The van der Waals surface area contributed by atoms with Crippen molar-refractivity contribution in [3.63, 3.8) is 0 Å². The maximum absolute atomic E-state index is 12.0. The molecule has 2 amide bonds. The van der Waals surface area contributed by atoms with Crippen LogP contribution in [0.3, 0.4) is 0 Å². The van der Waals surface area contributed by atoms with E-state index in [1.54, 1.807) is 6.08 Å². The van der Waals surface area contributed by atoms with Gasteiger partial charge in [0.25, 0.3) is 0 Å². The van der Waals surface area contributed by atoms with Crippen LogP contribution in [0.4, 0.5) is 5.69 Å². The molecule has 0 unspecified atom stereocenters. The number of anilines is 1. The number of amides is 2. The molecule has 0 atom stereocenters. The third kappa shape index (κ3) is 5.89. The number of para-hydroxylation sites is 1. The first-order valence-corrected chi connectivity index (χ1v) is 8.42. The van der Waals surface area contributed by atoms with Gasteiger partial charge < -0.3 is 10.2 Å². The van der Waals surface area contributed by atoms with Crippen LogP contribution in [0.25, 0.3) is 0 Å². The third-order valence-electron chi connectivity index (χ3n) is 4.37. The summed E-state index contributed by atoms with van der Waals surface area (Å²) in [5, 5.41) is 2.92.